The molecular formula is C12H16BrN. The normalized spacial score (nSPS) is 28.9. The fourth-order valence-electron chi connectivity index (χ4n) is 2.44. The van der Waals surface area contributed by atoms with Crippen molar-refractivity contribution >= 4 is 15.9 Å². The predicted octanol–water partition coefficient (Wildman–Crippen LogP) is 3.08. The van der Waals surface area contributed by atoms with Crippen LogP contribution in [-0.2, 0) is 5.41 Å². The molecule has 1 aromatic carbocycles. The van der Waals surface area contributed by atoms with Crippen molar-refractivity contribution in [2.24, 2.45) is 11.1 Å². The molecule has 0 aromatic heterocycles. The molecule has 0 spiro atoms. The van der Waals surface area contributed by atoms with E-state index < -0.39 is 0 Å². The van der Waals surface area contributed by atoms with Crippen LogP contribution in [0.5, 0.6) is 0 Å². The molecule has 1 aliphatic carbocycles. The summed E-state index contributed by atoms with van der Waals surface area (Å²) in [6.45, 7) is 5.34. The highest BCUT2D eigenvalue weighted by atomic mass is 79.9. The molecule has 0 amide bonds. The van der Waals surface area contributed by atoms with Gasteiger partial charge in [0.15, 0.2) is 0 Å². The maximum absolute atomic E-state index is 5.90. The number of rotatable bonds is 2. The average Bonchev–Trinajstić information content (AvgIpc) is 2.71. The zero-order valence-corrected chi connectivity index (χ0v) is 10.3. The summed E-state index contributed by atoms with van der Waals surface area (Å²) in [6, 6.07) is 8.57. The van der Waals surface area contributed by atoms with Crippen LogP contribution in [0.15, 0.2) is 28.7 Å². The highest BCUT2D eigenvalue weighted by Crippen LogP contribution is 2.63. The molecule has 2 N–H and O–H groups in total. The van der Waals surface area contributed by atoms with Crippen molar-refractivity contribution in [2.75, 3.05) is 6.54 Å². The van der Waals surface area contributed by atoms with Crippen LogP contribution < -0.4 is 5.73 Å². The summed E-state index contributed by atoms with van der Waals surface area (Å²) in [5.41, 5.74) is 7.89. The van der Waals surface area contributed by atoms with E-state index in [2.05, 4.69) is 54.0 Å². The molecule has 0 aliphatic heterocycles. The molecule has 0 heterocycles. The quantitative estimate of drug-likeness (QED) is 0.862. The monoisotopic (exact) mass is 253 g/mol. The summed E-state index contributed by atoms with van der Waals surface area (Å²) in [6.07, 6.45) is 1.21. The Morgan fingerprint density at radius 3 is 2.14 bits per heavy atom. The highest BCUT2D eigenvalue weighted by molar-refractivity contribution is 9.10. The Labute approximate surface area is 93.8 Å². The average molecular weight is 254 g/mol. The Morgan fingerprint density at radius 1 is 1.29 bits per heavy atom. The SMILES string of the molecule is CC1(C)CC1(CN)c1ccc(Br)cc1. The number of halogens is 1. The molecule has 14 heavy (non-hydrogen) atoms. The summed E-state index contributed by atoms with van der Waals surface area (Å²) in [5.74, 6) is 0. The Kier molecular flexibility index (Phi) is 2.24. The maximum Gasteiger partial charge on any atom is 0.0175 e. The molecule has 0 bridgehead atoms. The summed E-state index contributed by atoms with van der Waals surface area (Å²) >= 11 is 3.45. The van der Waals surface area contributed by atoms with Crippen molar-refractivity contribution in [3.05, 3.63) is 34.3 Å². The van der Waals surface area contributed by atoms with Gasteiger partial charge in [0.25, 0.3) is 0 Å². The van der Waals surface area contributed by atoms with E-state index in [1.54, 1.807) is 0 Å². The third-order valence-corrected chi connectivity index (χ3v) is 4.19. The molecule has 1 atom stereocenters. The van der Waals surface area contributed by atoms with Crippen molar-refractivity contribution in [2.45, 2.75) is 25.7 Å². The fraction of sp³-hybridized carbons (Fsp3) is 0.500. The van der Waals surface area contributed by atoms with E-state index >= 15 is 0 Å². The number of nitrogens with two attached hydrogens (primary N) is 1. The molecular weight excluding hydrogens is 238 g/mol. The lowest BCUT2D eigenvalue weighted by Gasteiger charge is -2.18. The standard InChI is InChI=1S/C12H16BrN/c1-11(2)7-12(11,8-14)9-3-5-10(13)6-4-9/h3-6H,7-8,14H2,1-2H3. The van der Waals surface area contributed by atoms with Gasteiger partial charge in [-0.2, -0.15) is 0 Å². The van der Waals surface area contributed by atoms with E-state index in [-0.39, 0.29) is 5.41 Å². The fourth-order valence-corrected chi connectivity index (χ4v) is 2.70. The summed E-state index contributed by atoms with van der Waals surface area (Å²) in [5, 5.41) is 0. The first-order chi connectivity index (χ1) is 6.52. The van der Waals surface area contributed by atoms with Gasteiger partial charge in [0.2, 0.25) is 0 Å². The molecule has 1 aromatic rings. The first-order valence-electron chi connectivity index (χ1n) is 4.98. The molecule has 2 rings (SSSR count). The van der Waals surface area contributed by atoms with Gasteiger partial charge < -0.3 is 5.73 Å². The first kappa shape index (κ1) is 10.2. The van der Waals surface area contributed by atoms with Crippen molar-refractivity contribution in [3.8, 4) is 0 Å². The summed E-state index contributed by atoms with van der Waals surface area (Å²) < 4.78 is 1.13. The van der Waals surface area contributed by atoms with Crippen LogP contribution in [0, 0.1) is 5.41 Å². The smallest absolute Gasteiger partial charge is 0.0175 e. The van der Waals surface area contributed by atoms with Crippen molar-refractivity contribution < 1.29 is 0 Å². The highest BCUT2D eigenvalue weighted by Gasteiger charge is 2.60. The second-order valence-electron chi connectivity index (χ2n) is 4.85. The zero-order valence-electron chi connectivity index (χ0n) is 8.68. The van der Waals surface area contributed by atoms with E-state index in [1.165, 1.54) is 12.0 Å². The van der Waals surface area contributed by atoms with Crippen molar-refractivity contribution in [3.63, 3.8) is 0 Å². The number of hydrogen-bond donors (Lipinski definition) is 1. The van der Waals surface area contributed by atoms with E-state index in [9.17, 15) is 0 Å². The third kappa shape index (κ3) is 1.32. The largest absolute Gasteiger partial charge is 0.330 e. The second kappa shape index (κ2) is 3.07. The third-order valence-electron chi connectivity index (χ3n) is 3.66. The minimum Gasteiger partial charge on any atom is -0.330 e. The van der Waals surface area contributed by atoms with Crippen LogP contribution >= 0.6 is 15.9 Å². The van der Waals surface area contributed by atoms with Crippen LogP contribution in [0.25, 0.3) is 0 Å². The number of benzene rings is 1. The molecule has 1 aliphatic rings. The Morgan fingerprint density at radius 2 is 1.79 bits per heavy atom. The molecule has 0 radical (unpaired) electrons. The van der Waals surface area contributed by atoms with Gasteiger partial charge in [-0.05, 0) is 29.5 Å². The van der Waals surface area contributed by atoms with Gasteiger partial charge in [-0.3, -0.25) is 0 Å². The van der Waals surface area contributed by atoms with Gasteiger partial charge in [-0.1, -0.05) is 41.9 Å². The maximum atomic E-state index is 5.90. The molecule has 1 unspecified atom stereocenters. The lowest BCUT2D eigenvalue weighted by atomic mass is 9.88. The van der Waals surface area contributed by atoms with Gasteiger partial charge in [0.05, 0.1) is 0 Å². The second-order valence-corrected chi connectivity index (χ2v) is 5.77. The molecule has 1 nitrogen and oxygen atoms in total. The van der Waals surface area contributed by atoms with Gasteiger partial charge >= 0.3 is 0 Å². The van der Waals surface area contributed by atoms with Gasteiger partial charge in [-0.15, -0.1) is 0 Å². The van der Waals surface area contributed by atoms with Crippen molar-refractivity contribution in [1.82, 2.24) is 0 Å². The molecule has 0 saturated heterocycles. The van der Waals surface area contributed by atoms with E-state index in [0.29, 0.717) is 5.41 Å². The van der Waals surface area contributed by atoms with Crippen LogP contribution in [-0.4, -0.2) is 6.54 Å². The van der Waals surface area contributed by atoms with Gasteiger partial charge in [-0.25, -0.2) is 0 Å². The van der Waals surface area contributed by atoms with Gasteiger partial charge in [0, 0.05) is 16.4 Å². The molecule has 1 saturated carbocycles. The van der Waals surface area contributed by atoms with Crippen LogP contribution in [0.2, 0.25) is 0 Å². The Bertz CT molecular complexity index is 342. The lowest BCUT2D eigenvalue weighted by molar-refractivity contribution is 0.503. The van der Waals surface area contributed by atoms with Crippen LogP contribution in [0.1, 0.15) is 25.8 Å². The van der Waals surface area contributed by atoms with Gasteiger partial charge in [0.1, 0.15) is 0 Å². The van der Waals surface area contributed by atoms with Crippen LogP contribution in [0.3, 0.4) is 0 Å². The lowest BCUT2D eigenvalue weighted by Crippen LogP contribution is -2.25. The Balaban J connectivity index is 2.36. The van der Waals surface area contributed by atoms with Crippen LogP contribution in [0.4, 0.5) is 0 Å². The van der Waals surface area contributed by atoms with E-state index in [0.717, 1.165) is 11.0 Å². The van der Waals surface area contributed by atoms with Crippen molar-refractivity contribution in [1.29, 1.82) is 0 Å². The molecule has 2 heteroatoms. The number of hydrogen-bond acceptors (Lipinski definition) is 1. The Hall–Kier alpha value is -0.340. The minimum atomic E-state index is 0.230. The molecule has 1 fully saturated rings. The van der Waals surface area contributed by atoms with E-state index in [4.69, 9.17) is 5.73 Å². The zero-order chi connectivity index (χ0) is 10.4. The topological polar surface area (TPSA) is 26.0 Å². The van der Waals surface area contributed by atoms with E-state index in [1.807, 2.05) is 0 Å². The first-order valence-corrected chi connectivity index (χ1v) is 5.77. The predicted molar refractivity (Wildman–Crippen MR) is 63.3 cm³/mol. The molecule has 76 valence electrons. The summed E-state index contributed by atoms with van der Waals surface area (Å²) in [7, 11) is 0. The summed E-state index contributed by atoms with van der Waals surface area (Å²) in [4.78, 5) is 0. The minimum absolute atomic E-state index is 0.230.